The van der Waals surface area contributed by atoms with Gasteiger partial charge in [0, 0.05) is 10.2 Å². The molecule has 0 heterocycles. The van der Waals surface area contributed by atoms with Crippen LogP contribution in [-0.2, 0) is 11.2 Å². The lowest BCUT2D eigenvalue weighted by Gasteiger charge is -2.08. The van der Waals surface area contributed by atoms with Crippen LogP contribution < -0.4 is 11.1 Å². The Morgan fingerprint density at radius 1 is 1.15 bits per heavy atom. The first-order valence-electron chi connectivity index (χ1n) is 5.74. The van der Waals surface area contributed by atoms with Crippen LogP contribution in [0.2, 0.25) is 10.0 Å². The van der Waals surface area contributed by atoms with Crippen LogP contribution in [0.1, 0.15) is 5.56 Å². The zero-order valence-electron chi connectivity index (χ0n) is 10.3. The smallest absolute Gasteiger partial charge is 0.228 e. The third-order valence-corrected chi connectivity index (χ3v) is 3.79. The molecule has 20 heavy (non-hydrogen) atoms. The Morgan fingerprint density at radius 2 is 1.70 bits per heavy atom. The summed E-state index contributed by atoms with van der Waals surface area (Å²) in [5.41, 5.74) is 7.38. The van der Waals surface area contributed by atoms with Gasteiger partial charge in [-0.1, -0.05) is 51.3 Å². The van der Waals surface area contributed by atoms with Gasteiger partial charge in [-0.05, 0) is 29.8 Å². The second-order valence-electron chi connectivity index (χ2n) is 4.20. The van der Waals surface area contributed by atoms with Gasteiger partial charge in [-0.25, -0.2) is 0 Å². The van der Waals surface area contributed by atoms with E-state index in [-0.39, 0.29) is 12.3 Å². The van der Waals surface area contributed by atoms with Crippen LogP contribution in [0.5, 0.6) is 0 Å². The SMILES string of the molecule is Nc1c(Cl)cc(NC(=O)Cc2ccc(Br)cc2)cc1Cl. The second kappa shape index (κ2) is 6.48. The monoisotopic (exact) mass is 372 g/mol. The van der Waals surface area contributed by atoms with Gasteiger partial charge in [0.1, 0.15) is 0 Å². The first kappa shape index (κ1) is 15.2. The van der Waals surface area contributed by atoms with Gasteiger partial charge in [0.15, 0.2) is 0 Å². The van der Waals surface area contributed by atoms with Crippen LogP contribution in [0.25, 0.3) is 0 Å². The van der Waals surface area contributed by atoms with E-state index in [1.807, 2.05) is 24.3 Å². The van der Waals surface area contributed by atoms with Crippen molar-refractivity contribution in [3.05, 3.63) is 56.5 Å². The van der Waals surface area contributed by atoms with Crippen LogP contribution in [0.15, 0.2) is 40.9 Å². The fourth-order valence-electron chi connectivity index (χ4n) is 1.65. The highest BCUT2D eigenvalue weighted by molar-refractivity contribution is 9.10. The summed E-state index contributed by atoms with van der Waals surface area (Å²) in [6.45, 7) is 0. The molecule has 6 heteroatoms. The van der Waals surface area contributed by atoms with Gasteiger partial charge in [0.2, 0.25) is 5.91 Å². The van der Waals surface area contributed by atoms with Gasteiger partial charge in [0.25, 0.3) is 0 Å². The molecule has 0 aromatic heterocycles. The van der Waals surface area contributed by atoms with Crippen LogP contribution in [0.3, 0.4) is 0 Å². The van der Waals surface area contributed by atoms with Crippen molar-refractivity contribution >= 4 is 56.4 Å². The number of amides is 1. The average Bonchev–Trinajstić information content (AvgIpc) is 2.38. The third-order valence-electron chi connectivity index (χ3n) is 2.64. The average molecular weight is 374 g/mol. The topological polar surface area (TPSA) is 55.1 Å². The number of nitrogens with one attached hydrogen (secondary N) is 1. The summed E-state index contributed by atoms with van der Waals surface area (Å²) in [4.78, 5) is 11.9. The van der Waals surface area contributed by atoms with Gasteiger partial charge in [0.05, 0.1) is 22.2 Å². The van der Waals surface area contributed by atoms with E-state index in [0.29, 0.717) is 21.4 Å². The predicted octanol–water partition coefficient (Wildman–Crippen LogP) is 4.52. The first-order valence-corrected chi connectivity index (χ1v) is 7.29. The van der Waals surface area contributed by atoms with E-state index in [9.17, 15) is 4.79 Å². The summed E-state index contributed by atoms with van der Waals surface area (Å²) in [6, 6.07) is 10.7. The highest BCUT2D eigenvalue weighted by Crippen LogP contribution is 2.31. The lowest BCUT2D eigenvalue weighted by molar-refractivity contribution is -0.115. The molecule has 3 N–H and O–H groups in total. The second-order valence-corrected chi connectivity index (χ2v) is 5.94. The molecular formula is C14H11BrCl2N2O. The number of carbonyl (C=O) groups is 1. The minimum atomic E-state index is -0.149. The van der Waals surface area contributed by atoms with E-state index >= 15 is 0 Å². The molecule has 0 aliphatic carbocycles. The van der Waals surface area contributed by atoms with Crippen LogP contribution in [0, 0.1) is 0 Å². The van der Waals surface area contributed by atoms with Crippen LogP contribution in [-0.4, -0.2) is 5.91 Å². The summed E-state index contributed by atoms with van der Waals surface area (Å²) in [5, 5.41) is 3.37. The summed E-state index contributed by atoms with van der Waals surface area (Å²) in [7, 11) is 0. The Morgan fingerprint density at radius 3 is 2.25 bits per heavy atom. The minimum absolute atomic E-state index is 0.149. The Hall–Kier alpha value is -1.23. The van der Waals surface area contributed by atoms with E-state index in [0.717, 1.165) is 10.0 Å². The number of halogens is 3. The van der Waals surface area contributed by atoms with Crippen LogP contribution in [0.4, 0.5) is 11.4 Å². The van der Waals surface area contributed by atoms with E-state index in [2.05, 4.69) is 21.2 Å². The molecule has 0 spiro atoms. The van der Waals surface area contributed by atoms with Gasteiger partial charge in [-0.15, -0.1) is 0 Å². The molecule has 0 unspecified atom stereocenters. The minimum Gasteiger partial charge on any atom is -0.396 e. The van der Waals surface area contributed by atoms with Crippen molar-refractivity contribution in [1.82, 2.24) is 0 Å². The molecule has 0 bridgehead atoms. The summed E-state index contributed by atoms with van der Waals surface area (Å²) >= 11 is 15.2. The van der Waals surface area contributed by atoms with Crippen molar-refractivity contribution in [1.29, 1.82) is 0 Å². The fraction of sp³-hybridized carbons (Fsp3) is 0.0714. The van der Waals surface area contributed by atoms with Crippen molar-refractivity contribution in [2.24, 2.45) is 0 Å². The van der Waals surface area contributed by atoms with Gasteiger partial charge >= 0.3 is 0 Å². The number of nitrogens with two attached hydrogens (primary N) is 1. The Kier molecular flexibility index (Phi) is 4.91. The predicted molar refractivity (Wildman–Crippen MR) is 87.4 cm³/mol. The Balaban J connectivity index is 2.06. The number of hydrogen-bond acceptors (Lipinski definition) is 2. The molecule has 0 aliphatic heterocycles. The molecule has 0 aliphatic rings. The van der Waals surface area contributed by atoms with Gasteiger partial charge < -0.3 is 11.1 Å². The maximum absolute atomic E-state index is 11.9. The van der Waals surface area contributed by atoms with E-state index < -0.39 is 0 Å². The highest BCUT2D eigenvalue weighted by atomic mass is 79.9. The number of benzene rings is 2. The molecule has 0 radical (unpaired) electrons. The molecule has 2 aromatic carbocycles. The summed E-state index contributed by atoms with van der Waals surface area (Å²) in [5.74, 6) is -0.149. The molecule has 104 valence electrons. The quantitative estimate of drug-likeness (QED) is 0.777. The van der Waals surface area contributed by atoms with Crippen molar-refractivity contribution < 1.29 is 4.79 Å². The number of anilines is 2. The molecule has 2 aromatic rings. The molecule has 3 nitrogen and oxygen atoms in total. The van der Waals surface area contributed by atoms with Crippen molar-refractivity contribution in [2.75, 3.05) is 11.1 Å². The lowest BCUT2D eigenvalue weighted by Crippen LogP contribution is -2.14. The van der Waals surface area contributed by atoms with Gasteiger partial charge in [-0.2, -0.15) is 0 Å². The number of carbonyl (C=O) groups excluding carboxylic acids is 1. The summed E-state index contributed by atoms with van der Waals surface area (Å²) < 4.78 is 0.971. The van der Waals surface area contributed by atoms with E-state index in [1.165, 1.54) is 0 Å². The van der Waals surface area contributed by atoms with Crippen molar-refractivity contribution in [3.8, 4) is 0 Å². The van der Waals surface area contributed by atoms with Gasteiger partial charge in [-0.3, -0.25) is 4.79 Å². The summed E-state index contributed by atoms with van der Waals surface area (Å²) in [6.07, 6.45) is 0.271. The highest BCUT2D eigenvalue weighted by Gasteiger charge is 2.08. The maximum atomic E-state index is 11.9. The van der Waals surface area contributed by atoms with Crippen LogP contribution >= 0.6 is 39.1 Å². The third kappa shape index (κ3) is 3.88. The number of hydrogen-bond donors (Lipinski definition) is 2. The standard InChI is InChI=1S/C14H11BrCl2N2O/c15-9-3-1-8(2-4-9)5-13(20)19-10-6-11(16)14(18)12(17)7-10/h1-4,6-7H,5,18H2,(H,19,20). The normalized spacial score (nSPS) is 10.3. The molecule has 0 atom stereocenters. The largest absolute Gasteiger partial charge is 0.396 e. The van der Waals surface area contributed by atoms with Crippen molar-refractivity contribution in [2.45, 2.75) is 6.42 Å². The molecule has 2 rings (SSSR count). The molecular weight excluding hydrogens is 363 g/mol. The molecule has 0 saturated heterocycles. The molecule has 1 amide bonds. The van der Waals surface area contributed by atoms with Crippen molar-refractivity contribution in [3.63, 3.8) is 0 Å². The molecule has 0 saturated carbocycles. The number of nitrogen functional groups attached to an aromatic ring is 1. The fourth-order valence-corrected chi connectivity index (χ4v) is 2.40. The van der Waals surface area contributed by atoms with E-state index in [4.69, 9.17) is 28.9 Å². The van der Waals surface area contributed by atoms with E-state index in [1.54, 1.807) is 12.1 Å². The number of rotatable bonds is 3. The lowest BCUT2D eigenvalue weighted by atomic mass is 10.1. The zero-order chi connectivity index (χ0) is 14.7. The molecule has 0 fully saturated rings. The Labute approximate surface area is 135 Å². The first-order chi connectivity index (χ1) is 9.45. The zero-order valence-corrected chi connectivity index (χ0v) is 13.4. The Bertz CT molecular complexity index is 621. The maximum Gasteiger partial charge on any atom is 0.228 e.